The van der Waals surface area contributed by atoms with E-state index in [1.54, 1.807) is 6.20 Å². The Morgan fingerprint density at radius 2 is 2.18 bits per heavy atom. The highest BCUT2D eigenvalue weighted by Gasteiger charge is 1.95. The van der Waals surface area contributed by atoms with Gasteiger partial charge in [-0.3, -0.25) is 4.98 Å². The van der Waals surface area contributed by atoms with Gasteiger partial charge < -0.3 is 10.6 Å². The third-order valence-electron chi connectivity index (χ3n) is 1.53. The standard InChI is InChI=1S/C8H13N3/c1-11(2)8-3-7(4-9)5-10-6-8/h3,5-6H,4,9H2,1-2H3. The van der Waals surface area contributed by atoms with Crippen molar-refractivity contribution < 1.29 is 0 Å². The summed E-state index contributed by atoms with van der Waals surface area (Å²) in [7, 11) is 3.97. The number of nitrogens with two attached hydrogens (primary N) is 1. The van der Waals surface area contributed by atoms with Gasteiger partial charge in [-0.1, -0.05) is 0 Å². The van der Waals surface area contributed by atoms with Gasteiger partial charge in [-0.15, -0.1) is 0 Å². The van der Waals surface area contributed by atoms with E-state index in [-0.39, 0.29) is 0 Å². The molecule has 1 aromatic heterocycles. The van der Waals surface area contributed by atoms with Gasteiger partial charge in [-0.2, -0.15) is 0 Å². The van der Waals surface area contributed by atoms with Crippen molar-refractivity contribution >= 4 is 5.69 Å². The molecule has 0 amide bonds. The van der Waals surface area contributed by atoms with Crippen LogP contribution in [0.3, 0.4) is 0 Å². The van der Waals surface area contributed by atoms with Crippen LogP contribution in [0, 0.1) is 0 Å². The van der Waals surface area contributed by atoms with Crippen molar-refractivity contribution in [1.82, 2.24) is 4.98 Å². The summed E-state index contributed by atoms with van der Waals surface area (Å²) in [5.74, 6) is 0. The zero-order valence-corrected chi connectivity index (χ0v) is 6.91. The number of rotatable bonds is 2. The zero-order valence-electron chi connectivity index (χ0n) is 6.91. The Morgan fingerprint density at radius 1 is 1.45 bits per heavy atom. The van der Waals surface area contributed by atoms with Crippen LogP contribution in [0.15, 0.2) is 18.5 Å². The Bertz CT molecular complexity index is 233. The van der Waals surface area contributed by atoms with Crippen molar-refractivity contribution in [2.24, 2.45) is 5.73 Å². The molecule has 0 atom stereocenters. The highest BCUT2D eigenvalue weighted by atomic mass is 15.1. The van der Waals surface area contributed by atoms with Crippen molar-refractivity contribution in [2.75, 3.05) is 19.0 Å². The topological polar surface area (TPSA) is 42.2 Å². The molecule has 0 saturated carbocycles. The van der Waals surface area contributed by atoms with Gasteiger partial charge in [0.05, 0.1) is 11.9 Å². The van der Waals surface area contributed by atoms with E-state index in [4.69, 9.17) is 5.73 Å². The van der Waals surface area contributed by atoms with Crippen LogP contribution in [0.25, 0.3) is 0 Å². The number of aromatic nitrogens is 1. The van der Waals surface area contributed by atoms with Crippen LogP contribution in [0.2, 0.25) is 0 Å². The Labute approximate surface area is 66.8 Å². The van der Waals surface area contributed by atoms with Crippen LogP contribution in [0.5, 0.6) is 0 Å². The van der Waals surface area contributed by atoms with Crippen molar-refractivity contribution in [3.63, 3.8) is 0 Å². The molecule has 0 unspecified atom stereocenters. The molecular weight excluding hydrogens is 138 g/mol. The largest absolute Gasteiger partial charge is 0.376 e. The summed E-state index contributed by atoms with van der Waals surface area (Å²) in [4.78, 5) is 6.06. The van der Waals surface area contributed by atoms with E-state index < -0.39 is 0 Å². The van der Waals surface area contributed by atoms with E-state index in [0.29, 0.717) is 6.54 Å². The lowest BCUT2D eigenvalue weighted by atomic mass is 10.2. The van der Waals surface area contributed by atoms with Gasteiger partial charge in [0.25, 0.3) is 0 Å². The lowest BCUT2D eigenvalue weighted by molar-refractivity contribution is 1.03. The maximum absolute atomic E-state index is 5.46. The molecule has 0 radical (unpaired) electrons. The summed E-state index contributed by atoms with van der Waals surface area (Å²) in [6.07, 6.45) is 3.60. The van der Waals surface area contributed by atoms with E-state index in [9.17, 15) is 0 Å². The zero-order chi connectivity index (χ0) is 8.27. The van der Waals surface area contributed by atoms with Crippen molar-refractivity contribution in [2.45, 2.75) is 6.54 Å². The number of anilines is 1. The molecule has 60 valence electrons. The molecule has 0 spiro atoms. The summed E-state index contributed by atoms with van der Waals surface area (Å²) >= 11 is 0. The predicted octanol–water partition coefficient (Wildman–Crippen LogP) is 0.606. The van der Waals surface area contributed by atoms with Gasteiger partial charge in [-0.25, -0.2) is 0 Å². The minimum atomic E-state index is 0.550. The minimum absolute atomic E-state index is 0.550. The Hall–Kier alpha value is -1.09. The maximum Gasteiger partial charge on any atom is 0.0550 e. The first-order valence-corrected chi connectivity index (χ1v) is 3.55. The molecule has 0 aliphatic rings. The molecule has 0 saturated heterocycles. The second-order valence-corrected chi connectivity index (χ2v) is 2.65. The van der Waals surface area contributed by atoms with E-state index in [2.05, 4.69) is 4.98 Å². The van der Waals surface area contributed by atoms with Crippen molar-refractivity contribution in [3.8, 4) is 0 Å². The summed E-state index contributed by atoms with van der Waals surface area (Å²) in [6, 6.07) is 2.03. The Morgan fingerprint density at radius 3 is 2.73 bits per heavy atom. The average Bonchev–Trinajstić information content (AvgIpc) is 2.05. The van der Waals surface area contributed by atoms with Crippen LogP contribution < -0.4 is 10.6 Å². The fourth-order valence-corrected chi connectivity index (χ4v) is 0.830. The predicted molar refractivity (Wildman–Crippen MR) is 46.5 cm³/mol. The number of nitrogens with zero attached hydrogens (tertiary/aromatic N) is 2. The lowest BCUT2D eigenvalue weighted by Crippen LogP contribution is -2.09. The molecule has 1 rings (SSSR count). The summed E-state index contributed by atoms with van der Waals surface area (Å²) in [5.41, 5.74) is 7.62. The van der Waals surface area contributed by atoms with E-state index in [1.807, 2.05) is 31.3 Å². The first-order valence-electron chi connectivity index (χ1n) is 3.55. The number of hydrogen-bond donors (Lipinski definition) is 1. The number of hydrogen-bond acceptors (Lipinski definition) is 3. The molecule has 11 heavy (non-hydrogen) atoms. The van der Waals surface area contributed by atoms with Gasteiger partial charge in [0, 0.05) is 26.8 Å². The third-order valence-corrected chi connectivity index (χ3v) is 1.53. The Kier molecular flexibility index (Phi) is 2.44. The monoisotopic (exact) mass is 151 g/mol. The molecule has 1 aromatic rings. The average molecular weight is 151 g/mol. The van der Waals surface area contributed by atoms with E-state index >= 15 is 0 Å². The molecule has 3 nitrogen and oxygen atoms in total. The van der Waals surface area contributed by atoms with Crippen LogP contribution in [0.1, 0.15) is 5.56 Å². The first-order chi connectivity index (χ1) is 5.24. The van der Waals surface area contributed by atoms with Crippen LogP contribution in [-0.4, -0.2) is 19.1 Å². The molecule has 3 heteroatoms. The second-order valence-electron chi connectivity index (χ2n) is 2.65. The van der Waals surface area contributed by atoms with Crippen molar-refractivity contribution in [3.05, 3.63) is 24.0 Å². The molecule has 2 N–H and O–H groups in total. The quantitative estimate of drug-likeness (QED) is 0.673. The van der Waals surface area contributed by atoms with Gasteiger partial charge in [-0.05, 0) is 11.6 Å². The molecule has 0 aromatic carbocycles. The maximum atomic E-state index is 5.46. The third kappa shape index (κ3) is 1.91. The summed E-state index contributed by atoms with van der Waals surface area (Å²) < 4.78 is 0. The SMILES string of the molecule is CN(C)c1cncc(CN)c1. The summed E-state index contributed by atoms with van der Waals surface area (Å²) in [6.45, 7) is 0.550. The fraction of sp³-hybridized carbons (Fsp3) is 0.375. The van der Waals surface area contributed by atoms with E-state index in [0.717, 1.165) is 11.3 Å². The van der Waals surface area contributed by atoms with Crippen LogP contribution in [-0.2, 0) is 6.54 Å². The van der Waals surface area contributed by atoms with Gasteiger partial charge in [0.2, 0.25) is 0 Å². The van der Waals surface area contributed by atoms with Gasteiger partial charge >= 0.3 is 0 Å². The highest BCUT2D eigenvalue weighted by Crippen LogP contribution is 2.09. The first kappa shape index (κ1) is 8.01. The smallest absolute Gasteiger partial charge is 0.0550 e. The van der Waals surface area contributed by atoms with E-state index in [1.165, 1.54) is 0 Å². The fourth-order valence-electron chi connectivity index (χ4n) is 0.830. The number of pyridine rings is 1. The molecule has 0 fully saturated rings. The van der Waals surface area contributed by atoms with Crippen LogP contribution in [0.4, 0.5) is 5.69 Å². The lowest BCUT2D eigenvalue weighted by Gasteiger charge is -2.11. The molecule has 0 bridgehead atoms. The molecule has 0 aliphatic heterocycles. The molecule has 1 heterocycles. The second kappa shape index (κ2) is 3.34. The normalized spacial score (nSPS) is 9.73. The highest BCUT2D eigenvalue weighted by molar-refractivity contribution is 5.44. The minimum Gasteiger partial charge on any atom is -0.376 e. The van der Waals surface area contributed by atoms with Crippen LogP contribution >= 0.6 is 0 Å². The van der Waals surface area contributed by atoms with Gasteiger partial charge in [0.1, 0.15) is 0 Å². The Balaban J connectivity index is 2.91. The molecular formula is C8H13N3. The summed E-state index contributed by atoms with van der Waals surface area (Å²) in [5, 5.41) is 0. The molecule has 0 aliphatic carbocycles. The van der Waals surface area contributed by atoms with Gasteiger partial charge in [0.15, 0.2) is 0 Å². The van der Waals surface area contributed by atoms with Crippen molar-refractivity contribution in [1.29, 1.82) is 0 Å².